The lowest BCUT2D eigenvalue weighted by Gasteiger charge is -2.34. The molecule has 0 bridgehead atoms. The average Bonchev–Trinajstić information content (AvgIpc) is 2.76. The molecule has 1 aromatic rings. The van der Waals surface area contributed by atoms with Crippen molar-refractivity contribution in [1.82, 2.24) is 0 Å². The van der Waals surface area contributed by atoms with Gasteiger partial charge in [-0.1, -0.05) is 30.3 Å². The van der Waals surface area contributed by atoms with E-state index < -0.39 is 30.4 Å². The molecule has 0 aromatic heterocycles. The molecule has 3 rings (SSSR count). The maximum Gasteiger partial charge on any atom is 0.187 e. The van der Waals surface area contributed by atoms with Gasteiger partial charge in [-0.2, -0.15) is 0 Å². The van der Waals surface area contributed by atoms with Gasteiger partial charge in [0.05, 0.1) is 13.2 Å². The number of benzene rings is 1. The van der Waals surface area contributed by atoms with E-state index in [0.717, 1.165) is 5.56 Å². The summed E-state index contributed by atoms with van der Waals surface area (Å²) in [6, 6.07) is 9.87. The van der Waals surface area contributed by atoms with Crippen LogP contribution in [0.1, 0.15) is 19.4 Å². The van der Waals surface area contributed by atoms with Crippen molar-refractivity contribution in [2.45, 2.75) is 50.8 Å². The van der Waals surface area contributed by atoms with E-state index in [1.54, 1.807) is 0 Å². The van der Waals surface area contributed by atoms with Gasteiger partial charge in [0, 0.05) is 0 Å². The Hall–Kier alpha value is -0.980. The summed E-state index contributed by atoms with van der Waals surface area (Å²) >= 11 is 0. The van der Waals surface area contributed by atoms with Crippen molar-refractivity contribution in [3.05, 3.63) is 35.9 Å². The maximum atomic E-state index is 9.93. The quantitative estimate of drug-likeness (QED) is 0.908. The summed E-state index contributed by atoms with van der Waals surface area (Å²) in [5.41, 5.74) is 1.07. The Kier molecular flexibility index (Phi) is 3.79. The van der Waals surface area contributed by atoms with Crippen LogP contribution in [0.15, 0.2) is 30.3 Å². The van der Waals surface area contributed by atoms with Crippen molar-refractivity contribution < 1.29 is 24.1 Å². The zero-order valence-corrected chi connectivity index (χ0v) is 11.7. The first-order valence-corrected chi connectivity index (χ1v) is 6.86. The molecule has 0 aliphatic carbocycles. The van der Waals surface area contributed by atoms with E-state index in [9.17, 15) is 5.11 Å². The van der Waals surface area contributed by atoms with Crippen LogP contribution < -0.4 is 0 Å². The van der Waals surface area contributed by atoms with E-state index in [1.807, 2.05) is 44.2 Å². The van der Waals surface area contributed by atoms with Gasteiger partial charge >= 0.3 is 0 Å². The Morgan fingerprint density at radius 1 is 1.20 bits per heavy atom. The number of rotatable bonds is 3. The van der Waals surface area contributed by atoms with Crippen molar-refractivity contribution in [3.63, 3.8) is 0 Å². The Bertz CT molecular complexity index is 447. The molecule has 2 fully saturated rings. The van der Waals surface area contributed by atoms with Gasteiger partial charge in [0.1, 0.15) is 18.3 Å². The van der Waals surface area contributed by atoms with E-state index >= 15 is 0 Å². The third-order valence-corrected chi connectivity index (χ3v) is 3.50. The van der Waals surface area contributed by atoms with Gasteiger partial charge in [-0.05, 0) is 19.4 Å². The average molecular weight is 280 g/mol. The molecule has 0 radical (unpaired) electrons. The molecule has 0 saturated carbocycles. The highest BCUT2D eigenvalue weighted by atomic mass is 16.8. The molecule has 2 aliphatic rings. The second-order valence-corrected chi connectivity index (χ2v) is 5.63. The van der Waals surface area contributed by atoms with Crippen LogP contribution in [-0.4, -0.2) is 42.1 Å². The van der Waals surface area contributed by atoms with Gasteiger partial charge in [-0.25, -0.2) is 0 Å². The molecule has 5 heteroatoms. The van der Waals surface area contributed by atoms with Crippen molar-refractivity contribution in [1.29, 1.82) is 0 Å². The monoisotopic (exact) mass is 280 g/mol. The molecule has 1 aromatic carbocycles. The topological polar surface area (TPSA) is 57.2 Å². The van der Waals surface area contributed by atoms with Crippen LogP contribution in [0, 0.1) is 0 Å². The molecule has 1 unspecified atom stereocenters. The predicted octanol–water partition coefficient (Wildman–Crippen LogP) is 1.44. The highest BCUT2D eigenvalue weighted by Gasteiger charge is 2.52. The zero-order valence-electron chi connectivity index (χ0n) is 11.7. The lowest BCUT2D eigenvalue weighted by Crippen LogP contribution is -2.52. The normalized spacial score (nSPS) is 35.8. The van der Waals surface area contributed by atoms with E-state index in [2.05, 4.69) is 0 Å². The second-order valence-electron chi connectivity index (χ2n) is 5.63. The van der Waals surface area contributed by atoms with Gasteiger partial charge in [-0.3, -0.25) is 0 Å². The van der Waals surface area contributed by atoms with Gasteiger partial charge in [0.25, 0.3) is 0 Å². The van der Waals surface area contributed by atoms with Crippen LogP contribution in [0.25, 0.3) is 0 Å². The summed E-state index contributed by atoms with van der Waals surface area (Å²) in [6.07, 6.45) is -2.01. The van der Waals surface area contributed by atoms with Gasteiger partial charge in [0.15, 0.2) is 12.1 Å². The number of hydrogen-bond donors (Lipinski definition) is 1. The second kappa shape index (κ2) is 5.42. The lowest BCUT2D eigenvalue weighted by molar-refractivity contribution is -0.251. The van der Waals surface area contributed by atoms with E-state index in [1.165, 1.54) is 0 Å². The highest BCUT2D eigenvalue weighted by Crippen LogP contribution is 2.35. The molecule has 2 heterocycles. The molecule has 110 valence electrons. The highest BCUT2D eigenvalue weighted by molar-refractivity contribution is 5.13. The first kappa shape index (κ1) is 14.0. The Labute approximate surface area is 118 Å². The largest absolute Gasteiger partial charge is 0.388 e. The molecule has 5 nitrogen and oxygen atoms in total. The van der Waals surface area contributed by atoms with Crippen LogP contribution in [0.2, 0.25) is 0 Å². The van der Waals surface area contributed by atoms with Crippen molar-refractivity contribution in [2.24, 2.45) is 0 Å². The van der Waals surface area contributed by atoms with E-state index in [4.69, 9.17) is 18.9 Å². The third-order valence-electron chi connectivity index (χ3n) is 3.50. The van der Waals surface area contributed by atoms with Crippen molar-refractivity contribution in [3.8, 4) is 0 Å². The summed E-state index contributed by atoms with van der Waals surface area (Å²) in [6.45, 7) is 4.28. The summed E-state index contributed by atoms with van der Waals surface area (Å²) in [7, 11) is 0. The number of ether oxygens (including phenoxy) is 4. The fourth-order valence-corrected chi connectivity index (χ4v) is 2.60. The smallest absolute Gasteiger partial charge is 0.187 e. The van der Waals surface area contributed by atoms with Crippen molar-refractivity contribution in [2.75, 3.05) is 6.61 Å². The molecular formula is C15H20O5. The maximum absolute atomic E-state index is 9.93. The summed E-state index contributed by atoms with van der Waals surface area (Å²) < 4.78 is 22.8. The first-order valence-electron chi connectivity index (χ1n) is 6.86. The van der Waals surface area contributed by atoms with E-state index in [0.29, 0.717) is 6.61 Å². The van der Waals surface area contributed by atoms with Gasteiger partial charge < -0.3 is 24.1 Å². The van der Waals surface area contributed by atoms with Crippen LogP contribution in [0.5, 0.6) is 0 Å². The molecule has 0 amide bonds. The first-order chi connectivity index (χ1) is 9.55. The Morgan fingerprint density at radius 3 is 2.65 bits per heavy atom. The van der Waals surface area contributed by atoms with Gasteiger partial charge in [0.2, 0.25) is 0 Å². The fraction of sp³-hybridized carbons (Fsp3) is 0.600. The number of hydrogen-bond acceptors (Lipinski definition) is 5. The Balaban J connectivity index is 1.65. The standard InChI is InChI=1S/C15H20O5/c1-15(2)19-12-11(16)9-18-14(13(12)20-15)17-8-10-6-4-3-5-7-10/h3-7,11-14,16H,8-9H2,1-2H3/t11-,12+,13-,14?/m0/s1. The van der Waals surface area contributed by atoms with Crippen LogP contribution in [0.4, 0.5) is 0 Å². The molecule has 0 spiro atoms. The number of fused-ring (bicyclic) bond motifs is 1. The number of aliphatic hydroxyl groups excluding tert-OH is 1. The fourth-order valence-electron chi connectivity index (χ4n) is 2.60. The zero-order chi connectivity index (χ0) is 14.2. The number of aliphatic hydroxyl groups is 1. The molecule has 1 N–H and O–H groups in total. The lowest BCUT2D eigenvalue weighted by atomic mass is 10.1. The molecule has 4 atom stereocenters. The summed E-state index contributed by atoms with van der Waals surface area (Å²) in [5, 5.41) is 9.93. The minimum Gasteiger partial charge on any atom is -0.388 e. The van der Waals surface area contributed by atoms with Crippen LogP contribution >= 0.6 is 0 Å². The minimum atomic E-state index is -0.724. The SMILES string of the molecule is CC1(C)O[C@H]2[C@H](O1)C(OCc1ccccc1)OC[C@@H]2O. The molecular weight excluding hydrogens is 260 g/mol. The van der Waals surface area contributed by atoms with Crippen LogP contribution in [0.3, 0.4) is 0 Å². The van der Waals surface area contributed by atoms with Crippen molar-refractivity contribution >= 4 is 0 Å². The van der Waals surface area contributed by atoms with E-state index in [-0.39, 0.29) is 6.61 Å². The summed E-state index contributed by atoms with van der Waals surface area (Å²) in [5.74, 6) is -0.724. The Morgan fingerprint density at radius 2 is 1.90 bits per heavy atom. The van der Waals surface area contributed by atoms with Crippen LogP contribution in [-0.2, 0) is 25.6 Å². The minimum absolute atomic E-state index is 0.195. The predicted molar refractivity (Wildman–Crippen MR) is 70.8 cm³/mol. The molecule has 2 aliphatic heterocycles. The molecule has 2 saturated heterocycles. The molecule has 20 heavy (non-hydrogen) atoms. The summed E-state index contributed by atoms with van der Waals surface area (Å²) in [4.78, 5) is 0. The third kappa shape index (κ3) is 2.87. The van der Waals surface area contributed by atoms with Gasteiger partial charge in [-0.15, -0.1) is 0 Å².